The van der Waals surface area contributed by atoms with Gasteiger partial charge in [0.05, 0.1) is 5.69 Å². The topological polar surface area (TPSA) is 32.3 Å². The monoisotopic (exact) mass is 406 g/mol. The predicted octanol–water partition coefficient (Wildman–Crippen LogP) is 3.55. The van der Waals surface area contributed by atoms with E-state index in [2.05, 4.69) is 27.9 Å². The zero-order chi connectivity index (χ0) is 14.8. The van der Waals surface area contributed by atoms with Crippen LogP contribution in [-0.2, 0) is 4.79 Å². The molecule has 0 aromatic heterocycles. The molecular formula is C16H11IN2OS. The molecule has 1 amide bonds. The Morgan fingerprint density at radius 1 is 1.10 bits per heavy atom. The molecule has 0 radical (unpaired) electrons. The summed E-state index contributed by atoms with van der Waals surface area (Å²) < 4.78 is 1.06. The smallest absolute Gasteiger partial charge is 0.281 e. The molecule has 1 aliphatic heterocycles. The molecule has 3 nitrogen and oxygen atoms in total. The molecule has 0 atom stereocenters. The number of halogens is 1. The maximum absolute atomic E-state index is 12.5. The number of amides is 1. The number of hydrogen-bond acceptors (Lipinski definition) is 2. The average molecular weight is 406 g/mol. The third-order valence-corrected chi connectivity index (χ3v) is 4.01. The van der Waals surface area contributed by atoms with Crippen molar-refractivity contribution in [3.63, 3.8) is 0 Å². The number of thiocarbonyl (C=S) groups is 1. The number of carbonyl (C=O) groups excluding carboxylic acids is 1. The third kappa shape index (κ3) is 2.98. The molecule has 5 heteroatoms. The Bertz CT molecular complexity index is 743. The summed E-state index contributed by atoms with van der Waals surface area (Å²) in [5.74, 6) is -0.133. The molecule has 0 aliphatic carbocycles. The standard InChI is InChI=1S/C16H11IN2OS/c17-12-7-4-8-13(10-12)19-15(20)14(18-16(19)21)9-11-5-2-1-3-6-11/h1-10H,(H,18,21)/b14-9-. The van der Waals surface area contributed by atoms with E-state index in [-0.39, 0.29) is 5.91 Å². The van der Waals surface area contributed by atoms with Crippen molar-refractivity contribution >= 4 is 57.6 Å². The fourth-order valence-electron chi connectivity index (χ4n) is 2.10. The fourth-order valence-corrected chi connectivity index (χ4v) is 2.93. The molecular weight excluding hydrogens is 395 g/mol. The number of carbonyl (C=O) groups is 1. The Morgan fingerprint density at radius 2 is 1.86 bits per heavy atom. The highest BCUT2D eigenvalue weighted by atomic mass is 127. The van der Waals surface area contributed by atoms with Gasteiger partial charge in [0.2, 0.25) is 0 Å². The average Bonchev–Trinajstić information content (AvgIpc) is 2.74. The third-order valence-electron chi connectivity index (χ3n) is 3.06. The van der Waals surface area contributed by atoms with Gasteiger partial charge in [-0.2, -0.15) is 0 Å². The van der Waals surface area contributed by atoms with Crippen molar-refractivity contribution in [3.05, 3.63) is 69.4 Å². The van der Waals surface area contributed by atoms with Crippen LogP contribution in [0.4, 0.5) is 5.69 Å². The molecule has 2 aromatic rings. The summed E-state index contributed by atoms with van der Waals surface area (Å²) >= 11 is 7.50. The van der Waals surface area contributed by atoms with E-state index in [0.29, 0.717) is 10.8 Å². The van der Waals surface area contributed by atoms with E-state index in [9.17, 15) is 4.79 Å². The number of nitrogens with zero attached hydrogens (tertiary/aromatic N) is 1. The molecule has 0 bridgehead atoms. The molecule has 1 aliphatic rings. The lowest BCUT2D eigenvalue weighted by Crippen LogP contribution is -2.30. The summed E-state index contributed by atoms with van der Waals surface area (Å²) in [7, 11) is 0. The zero-order valence-electron chi connectivity index (χ0n) is 10.9. The SMILES string of the molecule is O=C1/C(=C/c2ccccc2)NC(=S)N1c1cccc(I)c1. The van der Waals surface area contributed by atoms with Crippen molar-refractivity contribution in [2.75, 3.05) is 4.90 Å². The maximum atomic E-state index is 12.5. The first-order valence-electron chi connectivity index (χ1n) is 6.33. The van der Waals surface area contributed by atoms with Gasteiger partial charge in [0, 0.05) is 3.57 Å². The van der Waals surface area contributed by atoms with Gasteiger partial charge >= 0.3 is 0 Å². The first-order chi connectivity index (χ1) is 10.1. The van der Waals surface area contributed by atoms with Gasteiger partial charge in [0.1, 0.15) is 5.70 Å². The number of nitrogens with one attached hydrogen (secondary N) is 1. The van der Waals surface area contributed by atoms with Crippen LogP contribution in [0.5, 0.6) is 0 Å². The summed E-state index contributed by atoms with van der Waals surface area (Å²) in [5.41, 5.74) is 2.23. The van der Waals surface area contributed by atoms with Crippen LogP contribution in [0, 0.1) is 3.57 Å². The van der Waals surface area contributed by atoms with E-state index in [4.69, 9.17) is 12.2 Å². The lowest BCUT2D eigenvalue weighted by molar-refractivity contribution is -0.113. The van der Waals surface area contributed by atoms with Crippen LogP contribution in [0.1, 0.15) is 5.56 Å². The summed E-state index contributed by atoms with van der Waals surface area (Å²) in [4.78, 5) is 14.1. The van der Waals surface area contributed by atoms with E-state index in [1.54, 1.807) is 0 Å². The first kappa shape index (κ1) is 14.2. The molecule has 0 spiro atoms. The normalized spacial score (nSPS) is 16.4. The number of hydrogen-bond donors (Lipinski definition) is 1. The quantitative estimate of drug-likeness (QED) is 0.471. The van der Waals surface area contributed by atoms with E-state index in [0.717, 1.165) is 14.8 Å². The van der Waals surface area contributed by atoms with E-state index < -0.39 is 0 Å². The van der Waals surface area contributed by atoms with Crippen molar-refractivity contribution in [1.82, 2.24) is 5.32 Å². The second-order valence-electron chi connectivity index (χ2n) is 4.52. The number of anilines is 1. The Labute approximate surface area is 141 Å². The van der Waals surface area contributed by atoms with Gasteiger partial charge in [-0.3, -0.25) is 9.69 Å². The molecule has 21 heavy (non-hydrogen) atoms. The van der Waals surface area contributed by atoms with Crippen LogP contribution in [0.15, 0.2) is 60.3 Å². The molecule has 2 aromatic carbocycles. The van der Waals surface area contributed by atoms with Crippen LogP contribution in [0.2, 0.25) is 0 Å². The maximum Gasteiger partial charge on any atom is 0.281 e. The fraction of sp³-hybridized carbons (Fsp3) is 0. The largest absolute Gasteiger partial charge is 0.327 e. The van der Waals surface area contributed by atoms with Gasteiger partial charge in [-0.05, 0) is 64.6 Å². The number of rotatable bonds is 2. The van der Waals surface area contributed by atoms with Crippen molar-refractivity contribution in [1.29, 1.82) is 0 Å². The van der Waals surface area contributed by atoms with E-state index >= 15 is 0 Å². The summed E-state index contributed by atoms with van der Waals surface area (Å²) in [5, 5.41) is 3.39. The van der Waals surface area contributed by atoms with Gasteiger partial charge in [0.15, 0.2) is 5.11 Å². The summed E-state index contributed by atoms with van der Waals surface area (Å²) in [6.07, 6.45) is 1.81. The van der Waals surface area contributed by atoms with Crippen molar-refractivity contribution in [2.24, 2.45) is 0 Å². The highest BCUT2D eigenvalue weighted by molar-refractivity contribution is 14.1. The van der Waals surface area contributed by atoms with Gasteiger partial charge in [-0.15, -0.1) is 0 Å². The lowest BCUT2D eigenvalue weighted by Gasteiger charge is -2.14. The molecule has 1 saturated heterocycles. The Hall–Kier alpha value is -1.73. The van der Waals surface area contributed by atoms with Crippen molar-refractivity contribution in [2.45, 2.75) is 0 Å². The minimum Gasteiger partial charge on any atom is -0.327 e. The first-order valence-corrected chi connectivity index (χ1v) is 7.81. The molecule has 3 rings (SSSR count). The van der Waals surface area contributed by atoms with Crippen LogP contribution in [0.3, 0.4) is 0 Å². The molecule has 1 N–H and O–H groups in total. The van der Waals surface area contributed by atoms with Crippen LogP contribution < -0.4 is 10.2 Å². The minimum absolute atomic E-state index is 0.133. The second-order valence-corrected chi connectivity index (χ2v) is 6.15. The zero-order valence-corrected chi connectivity index (χ0v) is 13.9. The van der Waals surface area contributed by atoms with Crippen molar-refractivity contribution < 1.29 is 4.79 Å². The number of benzene rings is 2. The van der Waals surface area contributed by atoms with Crippen LogP contribution in [-0.4, -0.2) is 11.0 Å². The van der Waals surface area contributed by atoms with Gasteiger partial charge in [0.25, 0.3) is 5.91 Å². The lowest BCUT2D eigenvalue weighted by atomic mass is 10.2. The van der Waals surface area contributed by atoms with E-state index in [1.807, 2.05) is 60.7 Å². The molecule has 1 heterocycles. The predicted molar refractivity (Wildman–Crippen MR) is 96.8 cm³/mol. The summed E-state index contributed by atoms with van der Waals surface area (Å²) in [6.45, 7) is 0. The molecule has 0 unspecified atom stereocenters. The Morgan fingerprint density at radius 3 is 2.57 bits per heavy atom. The Balaban J connectivity index is 1.94. The molecule has 104 valence electrons. The molecule has 0 saturated carbocycles. The van der Waals surface area contributed by atoms with Gasteiger partial charge in [-0.1, -0.05) is 36.4 Å². The van der Waals surface area contributed by atoms with E-state index in [1.165, 1.54) is 4.90 Å². The van der Waals surface area contributed by atoms with Crippen LogP contribution >= 0.6 is 34.8 Å². The Kier molecular flexibility index (Phi) is 4.03. The van der Waals surface area contributed by atoms with Gasteiger partial charge < -0.3 is 5.32 Å². The van der Waals surface area contributed by atoms with Gasteiger partial charge in [-0.25, -0.2) is 0 Å². The minimum atomic E-state index is -0.133. The van der Waals surface area contributed by atoms with Crippen molar-refractivity contribution in [3.8, 4) is 0 Å². The highest BCUT2D eigenvalue weighted by Gasteiger charge is 2.31. The van der Waals surface area contributed by atoms with Crippen LogP contribution in [0.25, 0.3) is 6.08 Å². The summed E-state index contributed by atoms with van der Waals surface area (Å²) in [6, 6.07) is 17.4. The molecule has 1 fully saturated rings. The second kappa shape index (κ2) is 5.95. The highest BCUT2D eigenvalue weighted by Crippen LogP contribution is 2.23.